The highest BCUT2D eigenvalue weighted by Gasteiger charge is 2.30. The highest BCUT2D eigenvalue weighted by molar-refractivity contribution is 6.30. The van der Waals surface area contributed by atoms with Crippen molar-refractivity contribution in [3.8, 4) is 11.4 Å². The molecule has 0 bridgehead atoms. The molecule has 132 valence electrons. The summed E-state index contributed by atoms with van der Waals surface area (Å²) in [5, 5.41) is 7.58. The lowest BCUT2D eigenvalue weighted by Crippen LogP contribution is -2.22. The number of aromatic nitrogens is 3. The van der Waals surface area contributed by atoms with Crippen molar-refractivity contribution in [2.24, 2.45) is 11.8 Å². The van der Waals surface area contributed by atoms with Crippen LogP contribution in [0.15, 0.2) is 24.3 Å². The van der Waals surface area contributed by atoms with E-state index in [0.29, 0.717) is 34.8 Å². The molecular formula is C19H24ClN5. The number of rotatable bonds is 7. The Morgan fingerprint density at radius 2 is 1.48 bits per heavy atom. The molecule has 1 aromatic heterocycles. The van der Waals surface area contributed by atoms with Crippen LogP contribution in [0.2, 0.25) is 5.02 Å². The summed E-state index contributed by atoms with van der Waals surface area (Å²) in [7, 11) is 0. The molecule has 0 aliphatic heterocycles. The van der Waals surface area contributed by atoms with Gasteiger partial charge in [0, 0.05) is 22.7 Å². The normalized spacial score (nSPS) is 19.3. The van der Waals surface area contributed by atoms with Crippen LogP contribution in [0.1, 0.15) is 39.5 Å². The Morgan fingerprint density at radius 3 is 1.96 bits per heavy atom. The van der Waals surface area contributed by atoms with E-state index in [0.717, 1.165) is 17.4 Å². The molecule has 2 atom stereocenters. The SMILES string of the molecule is C[C@@H](Nc1nc(N[C@H](C)C2CC2)nc(-c2cccc(Cl)c2)n1)C1CC1. The fraction of sp³-hybridized carbons (Fsp3) is 0.526. The number of hydrogen-bond acceptors (Lipinski definition) is 5. The van der Waals surface area contributed by atoms with Gasteiger partial charge in [-0.15, -0.1) is 0 Å². The minimum atomic E-state index is 0.378. The summed E-state index contributed by atoms with van der Waals surface area (Å²) >= 11 is 6.14. The highest BCUT2D eigenvalue weighted by atomic mass is 35.5. The quantitative estimate of drug-likeness (QED) is 0.757. The first kappa shape index (κ1) is 16.6. The molecule has 2 aliphatic carbocycles. The van der Waals surface area contributed by atoms with E-state index in [1.54, 1.807) is 0 Å². The Bertz CT molecular complexity index is 719. The van der Waals surface area contributed by atoms with Crippen LogP contribution in [-0.4, -0.2) is 27.0 Å². The van der Waals surface area contributed by atoms with Gasteiger partial charge in [-0.25, -0.2) is 0 Å². The summed E-state index contributed by atoms with van der Waals surface area (Å²) in [6, 6.07) is 8.39. The standard InChI is InChI=1S/C19H24ClN5/c1-11(13-6-7-13)21-18-23-17(15-4-3-5-16(20)10-15)24-19(25-18)22-12(2)14-8-9-14/h3-5,10-14H,6-9H2,1-2H3,(H2,21,22,23,24,25)/t11-,12-/m1/s1. The summed E-state index contributed by atoms with van der Waals surface area (Å²) in [6.45, 7) is 4.39. The fourth-order valence-corrected chi connectivity index (χ4v) is 3.29. The zero-order valence-electron chi connectivity index (χ0n) is 14.7. The molecule has 6 heteroatoms. The first-order valence-electron chi connectivity index (χ1n) is 9.13. The van der Waals surface area contributed by atoms with Gasteiger partial charge in [-0.1, -0.05) is 23.7 Å². The first-order valence-corrected chi connectivity index (χ1v) is 9.51. The van der Waals surface area contributed by atoms with Crippen LogP contribution in [0.5, 0.6) is 0 Å². The molecule has 2 aliphatic rings. The predicted octanol–water partition coefficient (Wildman–Crippen LogP) is 4.61. The predicted molar refractivity (Wildman–Crippen MR) is 102 cm³/mol. The highest BCUT2D eigenvalue weighted by Crippen LogP contribution is 2.35. The van der Waals surface area contributed by atoms with Crippen LogP contribution < -0.4 is 10.6 Å². The second-order valence-electron chi connectivity index (χ2n) is 7.36. The van der Waals surface area contributed by atoms with Crippen molar-refractivity contribution in [1.29, 1.82) is 0 Å². The van der Waals surface area contributed by atoms with Crippen molar-refractivity contribution in [3.05, 3.63) is 29.3 Å². The van der Waals surface area contributed by atoms with Crippen molar-refractivity contribution >= 4 is 23.5 Å². The van der Waals surface area contributed by atoms with Gasteiger partial charge in [-0.3, -0.25) is 0 Å². The molecule has 0 radical (unpaired) electrons. The van der Waals surface area contributed by atoms with Gasteiger partial charge in [0.15, 0.2) is 5.82 Å². The lowest BCUT2D eigenvalue weighted by atomic mass is 10.2. The third-order valence-corrected chi connectivity index (χ3v) is 5.33. The Morgan fingerprint density at radius 1 is 0.920 bits per heavy atom. The smallest absolute Gasteiger partial charge is 0.228 e. The molecule has 2 saturated carbocycles. The number of nitrogens with zero attached hydrogens (tertiary/aromatic N) is 3. The molecule has 1 aromatic carbocycles. The van der Waals surface area contributed by atoms with Gasteiger partial charge in [-0.05, 0) is 63.5 Å². The van der Waals surface area contributed by atoms with Gasteiger partial charge in [0.2, 0.25) is 11.9 Å². The number of anilines is 2. The second kappa shape index (κ2) is 6.79. The van der Waals surface area contributed by atoms with E-state index in [-0.39, 0.29) is 0 Å². The van der Waals surface area contributed by atoms with E-state index in [4.69, 9.17) is 11.6 Å². The van der Waals surface area contributed by atoms with Gasteiger partial charge in [0.1, 0.15) is 0 Å². The summed E-state index contributed by atoms with van der Waals surface area (Å²) in [5.74, 6) is 3.37. The summed E-state index contributed by atoms with van der Waals surface area (Å²) in [5.41, 5.74) is 0.902. The van der Waals surface area contributed by atoms with Crippen LogP contribution in [-0.2, 0) is 0 Å². The molecule has 25 heavy (non-hydrogen) atoms. The Hall–Kier alpha value is -1.88. The van der Waals surface area contributed by atoms with Crippen LogP contribution in [0.3, 0.4) is 0 Å². The average Bonchev–Trinajstić information content (AvgIpc) is 3.48. The molecule has 2 aromatic rings. The Labute approximate surface area is 153 Å². The van der Waals surface area contributed by atoms with Gasteiger partial charge in [-0.2, -0.15) is 15.0 Å². The van der Waals surface area contributed by atoms with Gasteiger partial charge in [0.25, 0.3) is 0 Å². The van der Waals surface area contributed by atoms with E-state index >= 15 is 0 Å². The zero-order chi connectivity index (χ0) is 17.4. The third-order valence-electron chi connectivity index (χ3n) is 5.09. The molecule has 0 unspecified atom stereocenters. The molecule has 5 nitrogen and oxygen atoms in total. The van der Waals surface area contributed by atoms with E-state index in [9.17, 15) is 0 Å². The molecule has 0 saturated heterocycles. The summed E-state index contributed by atoms with van der Waals surface area (Å²) in [6.07, 6.45) is 5.13. The lowest BCUT2D eigenvalue weighted by Gasteiger charge is -2.17. The van der Waals surface area contributed by atoms with Crippen molar-refractivity contribution in [1.82, 2.24) is 15.0 Å². The zero-order valence-corrected chi connectivity index (χ0v) is 15.4. The van der Waals surface area contributed by atoms with E-state index in [1.807, 2.05) is 24.3 Å². The second-order valence-corrected chi connectivity index (χ2v) is 7.79. The summed E-state index contributed by atoms with van der Waals surface area (Å²) in [4.78, 5) is 13.9. The topological polar surface area (TPSA) is 62.7 Å². The number of hydrogen-bond donors (Lipinski definition) is 2. The number of benzene rings is 1. The average molecular weight is 358 g/mol. The van der Waals surface area contributed by atoms with Crippen molar-refractivity contribution < 1.29 is 0 Å². The maximum Gasteiger partial charge on any atom is 0.228 e. The lowest BCUT2D eigenvalue weighted by molar-refractivity contribution is 0.676. The molecule has 0 spiro atoms. The molecular weight excluding hydrogens is 334 g/mol. The maximum absolute atomic E-state index is 6.14. The number of halogens is 1. The molecule has 1 heterocycles. The van der Waals surface area contributed by atoms with Crippen LogP contribution in [0, 0.1) is 11.8 Å². The van der Waals surface area contributed by atoms with Crippen molar-refractivity contribution in [2.45, 2.75) is 51.6 Å². The minimum Gasteiger partial charge on any atom is -0.351 e. The fourth-order valence-electron chi connectivity index (χ4n) is 3.10. The van der Waals surface area contributed by atoms with Crippen LogP contribution in [0.4, 0.5) is 11.9 Å². The first-order chi connectivity index (χ1) is 12.1. The van der Waals surface area contributed by atoms with Crippen molar-refractivity contribution in [2.75, 3.05) is 10.6 Å². The van der Waals surface area contributed by atoms with E-state index in [2.05, 4.69) is 39.4 Å². The van der Waals surface area contributed by atoms with Crippen LogP contribution >= 0.6 is 11.6 Å². The largest absolute Gasteiger partial charge is 0.351 e. The maximum atomic E-state index is 6.14. The van der Waals surface area contributed by atoms with Gasteiger partial charge in [0.05, 0.1) is 0 Å². The van der Waals surface area contributed by atoms with E-state index < -0.39 is 0 Å². The van der Waals surface area contributed by atoms with Crippen LogP contribution in [0.25, 0.3) is 11.4 Å². The van der Waals surface area contributed by atoms with Gasteiger partial charge >= 0.3 is 0 Å². The number of nitrogens with one attached hydrogen (secondary N) is 2. The monoisotopic (exact) mass is 357 g/mol. The van der Waals surface area contributed by atoms with E-state index in [1.165, 1.54) is 25.7 Å². The molecule has 2 fully saturated rings. The third kappa shape index (κ3) is 4.21. The molecule has 2 N–H and O–H groups in total. The van der Waals surface area contributed by atoms with Crippen molar-refractivity contribution in [3.63, 3.8) is 0 Å². The molecule has 4 rings (SSSR count). The Kier molecular flexibility index (Phi) is 4.50. The van der Waals surface area contributed by atoms with Gasteiger partial charge < -0.3 is 10.6 Å². The molecule has 0 amide bonds. The summed E-state index contributed by atoms with van der Waals surface area (Å²) < 4.78 is 0. The Balaban J connectivity index is 1.63. The minimum absolute atomic E-state index is 0.378.